The molecule has 0 N–H and O–H groups in total. The van der Waals surface area contributed by atoms with Crippen molar-refractivity contribution in [1.82, 2.24) is 4.98 Å². The fourth-order valence-corrected chi connectivity index (χ4v) is 1.22. The Bertz CT molecular complexity index is 230. The second kappa shape index (κ2) is 8.74. The van der Waals surface area contributed by atoms with Gasteiger partial charge >= 0.3 is 0 Å². The third-order valence-corrected chi connectivity index (χ3v) is 2.01. The van der Waals surface area contributed by atoms with E-state index in [1.54, 1.807) is 0 Å². The van der Waals surface area contributed by atoms with E-state index in [-0.39, 0.29) is 0 Å². The zero-order valence-corrected chi connectivity index (χ0v) is 10.0. The van der Waals surface area contributed by atoms with E-state index in [0.29, 0.717) is 0 Å². The summed E-state index contributed by atoms with van der Waals surface area (Å²) >= 11 is 0. The molecule has 0 spiro atoms. The maximum atomic E-state index is 4.53. The second-order valence-electron chi connectivity index (χ2n) is 3.08. The highest BCUT2D eigenvalue weighted by Crippen LogP contribution is 2.04. The highest BCUT2D eigenvalue weighted by atomic mass is 14.7. The molecular formula is C13H23N. The summed E-state index contributed by atoms with van der Waals surface area (Å²) in [5, 5.41) is 0. The molecule has 1 nitrogen and oxygen atoms in total. The Hall–Kier alpha value is -0.850. The van der Waals surface area contributed by atoms with Crippen LogP contribution >= 0.6 is 0 Å². The van der Waals surface area contributed by atoms with E-state index in [9.17, 15) is 0 Å². The summed E-state index contributed by atoms with van der Waals surface area (Å²) in [6.07, 6.45) is 4.67. The van der Waals surface area contributed by atoms with Crippen LogP contribution in [-0.4, -0.2) is 4.98 Å². The first kappa shape index (κ1) is 13.2. The molecule has 0 fully saturated rings. The minimum Gasteiger partial charge on any atom is -0.258 e. The summed E-state index contributed by atoms with van der Waals surface area (Å²) in [5.41, 5.74) is 2.46. The molecule has 0 radical (unpaired) electrons. The summed E-state index contributed by atoms with van der Waals surface area (Å²) in [4.78, 5) is 4.53. The van der Waals surface area contributed by atoms with Gasteiger partial charge in [0, 0.05) is 11.4 Å². The maximum Gasteiger partial charge on any atom is 0.0406 e. The number of nitrogens with zero attached hydrogens (tertiary/aromatic N) is 1. The maximum absolute atomic E-state index is 4.53. The SMILES string of the molecule is CC.CCCCc1cccc(CC)n1. The first-order valence-corrected chi connectivity index (χ1v) is 5.81. The molecule has 0 bridgehead atoms. The summed E-state index contributed by atoms with van der Waals surface area (Å²) in [6.45, 7) is 8.36. The Morgan fingerprint density at radius 1 is 1.07 bits per heavy atom. The highest BCUT2D eigenvalue weighted by Gasteiger charge is 1.94. The fraction of sp³-hybridized carbons (Fsp3) is 0.615. The molecule has 1 rings (SSSR count). The van der Waals surface area contributed by atoms with Crippen molar-refractivity contribution in [3.05, 3.63) is 29.6 Å². The minimum absolute atomic E-state index is 1.04. The largest absolute Gasteiger partial charge is 0.258 e. The van der Waals surface area contributed by atoms with Crippen LogP contribution in [0, 0.1) is 0 Å². The topological polar surface area (TPSA) is 12.9 Å². The summed E-state index contributed by atoms with van der Waals surface area (Å²) in [5.74, 6) is 0. The van der Waals surface area contributed by atoms with Gasteiger partial charge in [0.25, 0.3) is 0 Å². The third-order valence-electron chi connectivity index (χ3n) is 2.01. The van der Waals surface area contributed by atoms with Crippen LogP contribution in [0.3, 0.4) is 0 Å². The zero-order valence-electron chi connectivity index (χ0n) is 10.0. The van der Waals surface area contributed by atoms with Crippen molar-refractivity contribution in [2.45, 2.75) is 53.4 Å². The second-order valence-corrected chi connectivity index (χ2v) is 3.08. The zero-order chi connectivity index (χ0) is 10.8. The lowest BCUT2D eigenvalue weighted by molar-refractivity contribution is 0.770. The van der Waals surface area contributed by atoms with Gasteiger partial charge in [-0.25, -0.2) is 0 Å². The first-order chi connectivity index (χ1) is 6.86. The molecule has 80 valence electrons. The van der Waals surface area contributed by atoms with Crippen LogP contribution in [0.15, 0.2) is 18.2 Å². The van der Waals surface area contributed by atoms with Crippen molar-refractivity contribution in [2.75, 3.05) is 0 Å². The molecule has 0 aliphatic heterocycles. The van der Waals surface area contributed by atoms with Crippen LogP contribution < -0.4 is 0 Å². The van der Waals surface area contributed by atoms with Crippen molar-refractivity contribution in [2.24, 2.45) is 0 Å². The number of pyridine rings is 1. The molecule has 14 heavy (non-hydrogen) atoms. The Labute approximate surface area is 88.6 Å². The number of unbranched alkanes of at least 4 members (excludes halogenated alkanes) is 1. The predicted molar refractivity (Wildman–Crippen MR) is 63.6 cm³/mol. The molecule has 0 saturated heterocycles. The van der Waals surface area contributed by atoms with Crippen LogP contribution in [0.2, 0.25) is 0 Å². The van der Waals surface area contributed by atoms with E-state index in [1.165, 1.54) is 24.2 Å². The van der Waals surface area contributed by atoms with Gasteiger partial charge in [-0.05, 0) is 31.4 Å². The molecule has 1 heteroatoms. The molecule has 1 aromatic heterocycles. The average molecular weight is 193 g/mol. The fourth-order valence-electron chi connectivity index (χ4n) is 1.22. The minimum atomic E-state index is 1.04. The van der Waals surface area contributed by atoms with Crippen LogP contribution in [-0.2, 0) is 12.8 Å². The normalized spacial score (nSPS) is 9.14. The molecule has 0 amide bonds. The number of aryl methyl sites for hydroxylation is 2. The van der Waals surface area contributed by atoms with Gasteiger partial charge in [-0.15, -0.1) is 0 Å². The molecule has 0 unspecified atom stereocenters. The van der Waals surface area contributed by atoms with Gasteiger partial charge < -0.3 is 0 Å². The average Bonchev–Trinajstić information content (AvgIpc) is 2.29. The lowest BCUT2D eigenvalue weighted by Gasteiger charge is -2.00. The smallest absolute Gasteiger partial charge is 0.0406 e. The van der Waals surface area contributed by atoms with Gasteiger partial charge in [0.05, 0.1) is 0 Å². The van der Waals surface area contributed by atoms with Crippen molar-refractivity contribution in [3.8, 4) is 0 Å². The Kier molecular flexibility index (Phi) is 8.20. The third kappa shape index (κ3) is 5.00. The number of aromatic nitrogens is 1. The highest BCUT2D eigenvalue weighted by molar-refractivity contribution is 5.11. The van der Waals surface area contributed by atoms with Gasteiger partial charge in [-0.3, -0.25) is 4.98 Å². The first-order valence-electron chi connectivity index (χ1n) is 5.81. The van der Waals surface area contributed by atoms with Crippen molar-refractivity contribution >= 4 is 0 Å². The Morgan fingerprint density at radius 2 is 1.71 bits per heavy atom. The Morgan fingerprint density at radius 3 is 2.29 bits per heavy atom. The van der Waals surface area contributed by atoms with Crippen LogP contribution in [0.1, 0.15) is 51.9 Å². The van der Waals surface area contributed by atoms with Crippen molar-refractivity contribution in [3.63, 3.8) is 0 Å². The van der Waals surface area contributed by atoms with E-state index >= 15 is 0 Å². The molecule has 0 saturated carbocycles. The quantitative estimate of drug-likeness (QED) is 0.704. The number of hydrogen-bond acceptors (Lipinski definition) is 1. The van der Waals surface area contributed by atoms with Crippen LogP contribution in [0.5, 0.6) is 0 Å². The van der Waals surface area contributed by atoms with Crippen molar-refractivity contribution < 1.29 is 0 Å². The van der Waals surface area contributed by atoms with Gasteiger partial charge in [0.2, 0.25) is 0 Å². The standard InChI is InChI=1S/C11H17N.C2H6/c1-3-5-7-11-9-6-8-10(4-2)12-11;1-2/h6,8-9H,3-5,7H2,1-2H3;1-2H3. The van der Waals surface area contributed by atoms with Crippen molar-refractivity contribution in [1.29, 1.82) is 0 Å². The predicted octanol–water partition coefficient (Wildman–Crippen LogP) is 4.01. The summed E-state index contributed by atoms with van der Waals surface area (Å²) < 4.78 is 0. The summed E-state index contributed by atoms with van der Waals surface area (Å²) in [6, 6.07) is 6.32. The van der Waals surface area contributed by atoms with E-state index < -0.39 is 0 Å². The lowest BCUT2D eigenvalue weighted by atomic mass is 10.2. The van der Waals surface area contributed by atoms with E-state index in [2.05, 4.69) is 37.0 Å². The van der Waals surface area contributed by atoms with Gasteiger partial charge in [0.15, 0.2) is 0 Å². The monoisotopic (exact) mass is 193 g/mol. The molecule has 1 aromatic rings. The van der Waals surface area contributed by atoms with Gasteiger partial charge in [-0.2, -0.15) is 0 Å². The number of hydrogen-bond donors (Lipinski definition) is 0. The summed E-state index contributed by atoms with van der Waals surface area (Å²) in [7, 11) is 0. The molecule has 0 aliphatic carbocycles. The van der Waals surface area contributed by atoms with Crippen LogP contribution in [0.25, 0.3) is 0 Å². The molecule has 0 aliphatic rings. The molecule has 1 heterocycles. The van der Waals surface area contributed by atoms with Gasteiger partial charge in [0.1, 0.15) is 0 Å². The Balaban J connectivity index is 0.000000791. The van der Waals surface area contributed by atoms with Crippen LogP contribution in [0.4, 0.5) is 0 Å². The molecular weight excluding hydrogens is 170 g/mol. The van der Waals surface area contributed by atoms with E-state index in [4.69, 9.17) is 0 Å². The molecule has 0 atom stereocenters. The van der Waals surface area contributed by atoms with Gasteiger partial charge in [-0.1, -0.05) is 40.2 Å². The lowest BCUT2D eigenvalue weighted by Crippen LogP contribution is -1.93. The number of rotatable bonds is 4. The van der Waals surface area contributed by atoms with E-state index in [0.717, 1.165) is 12.8 Å². The molecule has 0 aromatic carbocycles. The van der Waals surface area contributed by atoms with E-state index in [1.807, 2.05) is 13.8 Å².